The number of hydrogen-bond donors (Lipinski definition) is 0. The first-order valence-corrected chi connectivity index (χ1v) is 10.4. The van der Waals surface area contributed by atoms with Crippen molar-refractivity contribution < 1.29 is 14.4 Å². The van der Waals surface area contributed by atoms with Gasteiger partial charge >= 0.3 is 0 Å². The fourth-order valence-electron chi connectivity index (χ4n) is 3.24. The smallest absolute Gasteiger partial charge is 0.182 e. The molecule has 3 rings (SSSR count). The zero-order chi connectivity index (χ0) is 17.6. The molecule has 3 nitrogen and oxygen atoms in total. The minimum atomic E-state index is -1.20. The molecule has 1 aromatic rings. The third-order valence-corrected chi connectivity index (χ3v) is 7.92. The molecule has 0 N–H and O–H groups in total. The summed E-state index contributed by atoms with van der Waals surface area (Å²) >= 11 is 9.98. The lowest BCUT2D eigenvalue weighted by Crippen LogP contribution is -2.44. The minimum Gasteiger partial charge on any atom is -0.298 e. The van der Waals surface area contributed by atoms with Crippen molar-refractivity contribution >= 4 is 52.5 Å². The Labute approximate surface area is 155 Å². The summed E-state index contributed by atoms with van der Waals surface area (Å²) in [6.45, 7) is 3.60. The Morgan fingerprint density at radius 3 is 2.71 bits per heavy atom. The molecule has 128 valence electrons. The number of benzene rings is 1. The van der Waals surface area contributed by atoms with Crippen LogP contribution in [0, 0.1) is 11.3 Å². The molecule has 1 heterocycles. The maximum Gasteiger partial charge on any atom is 0.182 e. The third kappa shape index (κ3) is 2.95. The number of carbonyl (C=O) groups excluding carboxylic acids is 3. The summed E-state index contributed by atoms with van der Waals surface area (Å²) in [6.07, 6.45) is 3.60. The Morgan fingerprint density at radius 1 is 1.33 bits per heavy atom. The van der Waals surface area contributed by atoms with E-state index in [9.17, 15) is 14.4 Å². The third-order valence-electron chi connectivity index (χ3n) is 4.87. The molecule has 0 bridgehead atoms. The van der Waals surface area contributed by atoms with Gasteiger partial charge in [0.15, 0.2) is 17.3 Å². The van der Waals surface area contributed by atoms with E-state index in [1.165, 1.54) is 0 Å². The van der Waals surface area contributed by atoms with Gasteiger partial charge in [-0.3, -0.25) is 14.4 Å². The maximum atomic E-state index is 12.9. The van der Waals surface area contributed by atoms with Crippen LogP contribution in [-0.2, 0) is 16.0 Å². The lowest BCUT2D eigenvalue weighted by atomic mass is 9.68. The highest BCUT2D eigenvalue weighted by Gasteiger charge is 2.46. The second-order valence-corrected chi connectivity index (χ2v) is 9.86. The number of hydrogen-bond acceptors (Lipinski definition) is 5. The van der Waals surface area contributed by atoms with Crippen LogP contribution in [0.25, 0.3) is 0 Å². The van der Waals surface area contributed by atoms with E-state index in [4.69, 9.17) is 11.6 Å². The van der Waals surface area contributed by atoms with E-state index in [-0.39, 0.29) is 18.0 Å². The fraction of sp³-hybridized carbons (Fsp3) is 0.500. The molecule has 0 radical (unpaired) electrons. The molecule has 1 saturated carbocycles. The molecule has 1 aliphatic heterocycles. The van der Waals surface area contributed by atoms with Crippen LogP contribution < -0.4 is 0 Å². The number of rotatable bonds is 3. The van der Waals surface area contributed by atoms with Gasteiger partial charge in [-0.25, -0.2) is 0 Å². The molecule has 2 atom stereocenters. The van der Waals surface area contributed by atoms with Gasteiger partial charge in [0.2, 0.25) is 0 Å². The summed E-state index contributed by atoms with van der Waals surface area (Å²) in [5, 5.41) is 0.408. The molecule has 0 spiro atoms. The van der Waals surface area contributed by atoms with Gasteiger partial charge in [0.1, 0.15) is 5.92 Å². The first-order valence-electron chi connectivity index (χ1n) is 7.88. The average Bonchev–Trinajstić information content (AvgIpc) is 2.96. The molecular formula is C18H19ClO3S2. The van der Waals surface area contributed by atoms with Crippen molar-refractivity contribution in [3.05, 3.63) is 28.3 Å². The van der Waals surface area contributed by atoms with E-state index in [2.05, 4.69) is 0 Å². The molecule has 0 amide bonds. The zero-order valence-electron chi connectivity index (χ0n) is 13.8. The van der Waals surface area contributed by atoms with E-state index in [0.717, 1.165) is 16.9 Å². The molecule has 1 aromatic carbocycles. The van der Waals surface area contributed by atoms with Gasteiger partial charge in [-0.05, 0) is 36.8 Å². The SMILES string of the molecule is CSC1Cc2c(ccc(C(=O)C3C(=O)CCC(C)(C)C3=O)c2Cl)S1. The number of fused-ring (bicyclic) bond motifs is 1. The highest BCUT2D eigenvalue weighted by Crippen LogP contribution is 2.46. The molecule has 1 aliphatic carbocycles. The number of Topliss-reactive ketones (excluding diaryl/α,β-unsaturated/α-hetero) is 3. The van der Waals surface area contributed by atoms with Gasteiger partial charge < -0.3 is 0 Å². The molecule has 2 unspecified atom stereocenters. The molecular weight excluding hydrogens is 364 g/mol. The number of thioether (sulfide) groups is 2. The van der Waals surface area contributed by atoms with Gasteiger partial charge in [0.25, 0.3) is 0 Å². The fourth-order valence-corrected chi connectivity index (χ4v) is 5.66. The minimum absolute atomic E-state index is 0.266. The second kappa shape index (κ2) is 6.50. The molecule has 2 aliphatic rings. The van der Waals surface area contributed by atoms with Crippen LogP contribution in [0.4, 0.5) is 0 Å². The van der Waals surface area contributed by atoms with Crippen LogP contribution in [0.2, 0.25) is 5.02 Å². The van der Waals surface area contributed by atoms with E-state index < -0.39 is 17.1 Å². The Kier molecular flexibility index (Phi) is 4.89. The van der Waals surface area contributed by atoms with Crippen LogP contribution >= 0.6 is 35.1 Å². The monoisotopic (exact) mass is 382 g/mol. The lowest BCUT2D eigenvalue weighted by molar-refractivity contribution is -0.140. The topological polar surface area (TPSA) is 51.2 Å². The standard InChI is InChI=1S/C18H19ClO3S2/c1-18(2)7-6-11(20)14(17(18)22)16(21)9-4-5-12-10(15(9)19)8-13(23-3)24-12/h4-5,13-14H,6-8H2,1-3H3. The van der Waals surface area contributed by atoms with Gasteiger partial charge in [-0.15, -0.1) is 11.8 Å². The Hall–Kier alpha value is -0.780. The van der Waals surface area contributed by atoms with E-state index in [1.54, 1.807) is 43.4 Å². The van der Waals surface area contributed by atoms with Crippen molar-refractivity contribution in [2.45, 2.75) is 42.6 Å². The Morgan fingerprint density at radius 2 is 2.04 bits per heavy atom. The predicted octanol–water partition coefficient (Wildman–Crippen LogP) is 4.43. The number of ketones is 3. The van der Waals surface area contributed by atoms with Crippen molar-refractivity contribution in [2.24, 2.45) is 11.3 Å². The van der Waals surface area contributed by atoms with Crippen LogP contribution in [0.15, 0.2) is 17.0 Å². The summed E-state index contributed by atoms with van der Waals surface area (Å²) in [4.78, 5) is 38.9. The lowest BCUT2D eigenvalue weighted by Gasteiger charge is -2.32. The van der Waals surface area contributed by atoms with Crippen molar-refractivity contribution in [1.29, 1.82) is 0 Å². The summed E-state index contributed by atoms with van der Waals surface area (Å²) in [5.74, 6) is -2.20. The normalized spacial score (nSPS) is 25.7. The molecule has 0 aromatic heterocycles. The van der Waals surface area contributed by atoms with E-state index in [0.29, 0.717) is 21.6 Å². The van der Waals surface area contributed by atoms with Gasteiger partial charge in [0.05, 0.1) is 9.60 Å². The molecule has 24 heavy (non-hydrogen) atoms. The quantitative estimate of drug-likeness (QED) is 0.571. The largest absolute Gasteiger partial charge is 0.298 e. The average molecular weight is 383 g/mol. The van der Waals surface area contributed by atoms with Crippen LogP contribution in [0.3, 0.4) is 0 Å². The molecule has 0 saturated heterocycles. The van der Waals surface area contributed by atoms with Gasteiger partial charge in [0, 0.05) is 22.3 Å². The second-order valence-electron chi connectivity index (χ2n) is 6.90. The van der Waals surface area contributed by atoms with Gasteiger partial charge in [-0.1, -0.05) is 25.4 Å². The van der Waals surface area contributed by atoms with Crippen molar-refractivity contribution in [3.8, 4) is 0 Å². The summed E-state index contributed by atoms with van der Waals surface area (Å²) < 4.78 is 0.389. The Bertz CT molecular complexity index is 742. The first-order chi connectivity index (χ1) is 11.3. The maximum absolute atomic E-state index is 12.9. The van der Waals surface area contributed by atoms with Gasteiger partial charge in [-0.2, -0.15) is 11.8 Å². The van der Waals surface area contributed by atoms with Crippen molar-refractivity contribution in [2.75, 3.05) is 6.26 Å². The predicted molar refractivity (Wildman–Crippen MR) is 99.2 cm³/mol. The van der Waals surface area contributed by atoms with E-state index >= 15 is 0 Å². The summed E-state index contributed by atoms with van der Waals surface area (Å²) in [5.41, 5.74) is 0.626. The summed E-state index contributed by atoms with van der Waals surface area (Å²) in [6, 6.07) is 3.56. The molecule has 6 heteroatoms. The number of halogens is 1. The van der Waals surface area contributed by atoms with Crippen LogP contribution in [0.5, 0.6) is 0 Å². The zero-order valence-corrected chi connectivity index (χ0v) is 16.2. The Balaban J connectivity index is 1.97. The highest BCUT2D eigenvalue weighted by molar-refractivity contribution is 8.17. The van der Waals surface area contributed by atoms with Crippen molar-refractivity contribution in [3.63, 3.8) is 0 Å². The van der Waals surface area contributed by atoms with Crippen LogP contribution in [-0.4, -0.2) is 28.2 Å². The molecule has 1 fully saturated rings. The first kappa shape index (κ1) is 18.0. The summed E-state index contributed by atoms with van der Waals surface area (Å²) in [7, 11) is 0. The highest BCUT2D eigenvalue weighted by atomic mass is 35.5. The van der Waals surface area contributed by atoms with E-state index in [1.807, 2.05) is 12.3 Å². The van der Waals surface area contributed by atoms with Crippen molar-refractivity contribution in [1.82, 2.24) is 0 Å². The number of carbonyl (C=O) groups is 3. The van der Waals surface area contributed by atoms with Crippen LogP contribution in [0.1, 0.15) is 42.6 Å².